The zero-order valence-electron chi connectivity index (χ0n) is 12.7. The highest BCUT2D eigenvalue weighted by Crippen LogP contribution is 2.36. The number of fused-ring (bicyclic) bond motifs is 1. The van der Waals surface area contributed by atoms with Crippen molar-refractivity contribution < 1.29 is 9.90 Å². The lowest BCUT2D eigenvalue weighted by molar-refractivity contribution is 0.100. The normalized spacial score (nSPS) is 11.1. The summed E-state index contributed by atoms with van der Waals surface area (Å²) in [6.45, 7) is 0. The molecule has 25 heavy (non-hydrogen) atoms. The van der Waals surface area contributed by atoms with E-state index in [4.69, 9.17) is 5.73 Å². The van der Waals surface area contributed by atoms with Gasteiger partial charge >= 0.3 is 0 Å². The second-order valence-electron chi connectivity index (χ2n) is 5.49. The number of aromatic nitrogens is 4. The number of rotatable bonds is 3. The predicted molar refractivity (Wildman–Crippen MR) is 97.0 cm³/mol. The first kappa shape index (κ1) is 15.4. The minimum atomic E-state index is -0.514. The van der Waals surface area contributed by atoms with Crippen LogP contribution in [0.4, 0.5) is 0 Å². The van der Waals surface area contributed by atoms with Crippen molar-refractivity contribution in [2.45, 2.75) is 0 Å². The van der Waals surface area contributed by atoms with E-state index in [1.165, 1.54) is 0 Å². The van der Waals surface area contributed by atoms with Gasteiger partial charge in [-0.2, -0.15) is 5.10 Å². The van der Waals surface area contributed by atoms with Gasteiger partial charge in [0.05, 0.1) is 11.0 Å². The molecule has 0 saturated heterocycles. The van der Waals surface area contributed by atoms with Gasteiger partial charge in [-0.05, 0) is 30.3 Å². The number of aromatic hydroxyl groups is 1. The van der Waals surface area contributed by atoms with Crippen LogP contribution in [0.5, 0.6) is 5.75 Å². The highest BCUT2D eigenvalue weighted by atomic mass is 79.9. The number of imidazole rings is 1. The minimum absolute atomic E-state index is 0.00715. The zero-order chi connectivity index (χ0) is 17.6. The van der Waals surface area contributed by atoms with Gasteiger partial charge in [-0.1, -0.05) is 28.1 Å². The first-order chi connectivity index (χ1) is 12.0. The van der Waals surface area contributed by atoms with Crippen LogP contribution >= 0.6 is 15.9 Å². The summed E-state index contributed by atoms with van der Waals surface area (Å²) in [4.78, 5) is 18.8. The molecule has 2 aromatic heterocycles. The van der Waals surface area contributed by atoms with Gasteiger partial charge in [-0.3, -0.25) is 9.89 Å². The fourth-order valence-corrected chi connectivity index (χ4v) is 3.02. The summed E-state index contributed by atoms with van der Waals surface area (Å²) in [5.41, 5.74) is 8.53. The van der Waals surface area contributed by atoms with Gasteiger partial charge in [0.1, 0.15) is 11.4 Å². The number of primary amides is 1. The molecule has 4 aromatic rings. The Bertz CT molecular complexity index is 1120. The Kier molecular flexibility index (Phi) is 3.54. The van der Waals surface area contributed by atoms with Crippen molar-refractivity contribution in [3.63, 3.8) is 0 Å². The summed E-state index contributed by atoms with van der Waals surface area (Å²) in [6.07, 6.45) is 0. The van der Waals surface area contributed by atoms with E-state index >= 15 is 0 Å². The van der Waals surface area contributed by atoms with Gasteiger partial charge in [0.2, 0.25) is 5.91 Å². The Morgan fingerprint density at radius 1 is 1.20 bits per heavy atom. The maximum atomic E-state index is 11.3. The maximum absolute atomic E-state index is 11.3. The summed E-state index contributed by atoms with van der Waals surface area (Å²) >= 11 is 3.40. The molecule has 0 radical (unpaired) electrons. The van der Waals surface area contributed by atoms with E-state index in [9.17, 15) is 9.90 Å². The van der Waals surface area contributed by atoms with E-state index in [-0.39, 0.29) is 5.75 Å². The van der Waals surface area contributed by atoms with Crippen molar-refractivity contribution >= 4 is 32.9 Å². The summed E-state index contributed by atoms with van der Waals surface area (Å²) < 4.78 is 0.886. The van der Waals surface area contributed by atoms with Gasteiger partial charge in [-0.25, -0.2) is 4.98 Å². The van der Waals surface area contributed by atoms with E-state index in [0.29, 0.717) is 33.8 Å². The second kappa shape index (κ2) is 5.75. The number of nitrogens with zero attached hydrogens (tertiary/aromatic N) is 2. The Morgan fingerprint density at radius 2 is 2.04 bits per heavy atom. The summed E-state index contributed by atoms with van der Waals surface area (Å²) in [7, 11) is 0. The SMILES string of the molecule is NC(=O)c1ccc2nc(-c3[nH]nc(-c4cccc(Br)c4)c3O)[nH]c2c1. The van der Waals surface area contributed by atoms with Crippen LogP contribution in [-0.4, -0.2) is 31.2 Å². The molecule has 0 aliphatic carbocycles. The van der Waals surface area contributed by atoms with E-state index in [1.54, 1.807) is 18.2 Å². The number of hydrogen-bond donors (Lipinski definition) is 4. The lowest BCUT2D eigenvalue weighted by atomic mass is 10.1. The quantitative estimate of drug-likeness (QED) is 0.424. The van der Waals surface area contributed by atoms with Crippen molar-refractivity contribution in [3.8, 4) is 28.5 Å². The average molecular weight is 398 g/mol. The molecule has 1 amide bonds. The Labute approximate surface area is 150 Å². The Balaban J connectivity index is 1.80. The van der Waals surface area contributed by atoms with Gasteiger partial charge in [0.15, 0.2) is 11.6 Å². The molecular formula is C17H12BrN5O2. The van der Waals surface area contributed by atoms with E-state index in [0.717, 1.165) is 10.0 Å². The summed E-state index contributed by atoms with van der Waals surface area (Å²) in [5, 5.41) is 17.5. The number of nitrogens with one attached hydrogen (secondary N) is 2. The van der Waals surface area contributed by atoms with Crippen LogP contribution in [-0.2, 0) is 0 Å². The Hall–Kier alpha value is -3.13. The highest BCUT2D eigenvalue weighted by molar-refractivity contribution is 9.10. The van der Waals surface area contributed by atoms with Gasteiger partial charge in [0, 0.05) is 15.6 Å². The maximum Gasteiger partial charge on any atom is 0.248 e. The minimum Gasteiger partial charge on any atom is -0.504 e. The molecule has 0 saturated carbocycles. The van der Waals surface area contributed by atoms with Crippen molar-refractivity contribution in [1.82, 2.24) is 20.2 Å². The molecule has 0 fully saturated rings. The van der Waals surface area contributed by atoms with Crippen LogP contribution in [0.1, 0.15) is 10.4 Å². The smallest absolute Gasteiger partial charge is 0.248 e. The first-order valence-corrected chi connectivity index (χ1v) is 8.15. The standard InChI is InChI=1S/C17H12BrN5O2/c18-10-3-1-2-8(6-10)13-15(24)14(23-22-13)17-20-11-5-4-9(16(19)25)7-12(11)21-17/h1-7,24H,(H2,19,25)(H,20,21)(H,22,23). The molecule has 0 aliphatic rings. The molecule has 0 aliphatic heterocycles. The molecule has 0 bridgehead atoms. The molecule has 124 valence electrons. The zero-order valence-corrected chi connectivity index (χ0v) is 14.3. The van der Waals surface area contributed by atoms with Crippen LogP contribution in [0.25, 0.3) is 33.8 Å². The highest BCUT2D eigenvalue weighted by Gasteiger charge is 2.18. The van der Waals surface area contributed by atoms with Gasteiger partial charge < -0.3 is 15.8 Å². The third-order valence-corrected chi connectivity index (χ3v) is 4.34. The summed E-state index contributed by atoms with van der Waals surface area (Å²) in [5.74, 6) is -0.102. The lowest BCUT2D eigenvalue weighted by Crippen LogP contribution is -2.10. The predicted octanol–water partition coefficient (Wildman–Crippen LogP) is 3.19. The number of amides is 1. The molecule has 2 aromatic carbocycles. The second-order valence-corrected chi connectivity index (χ2v) is 6.40. The van der Waals surface area contributed by atoms with Crippen molar-refractivity contribution in [3.05, 3.63) is 52.5 Å². The molecule has 0 unspecified atom stereocenters. The molecule has 8 heteroatoms. The molecule has 0 spiro atoms. The Morgan fingerprint density at radius 3 is 2.80 bits per heavy atom. The van der Waals surface area contributed by atoms with Crippen LogP contribution in [0.3, 0.4) is 0 Å². The van der Waals surface area contributed by atoms with E-state index in [2.05, 4.69) is 36.1 Å². The monoisotopic (exact) mass is 397 g/mol. The van der Waals surface area contributed by atoms with E-state index in [1.807, 2.05) is 24.3 Å². The molecule has 2 heterocycles. The largest absolute Gasteiger partial charge is 0.504 e. The van der Waals surface area contributed by atoms with Crippen LogP contribution < -0.4 is 5.73 Å². The molecule has 0 atom stereocenters. The molecule has 4 rings (SSSR count). The third-order valence-electron chi connectivity index (χ3n) is 3.84. The number of benzene rings is 2. The number of carbonyl (C=O) groups excluding carboxylic acids is 1. The first-order valence-electron chi connectivity index (χ1n) is 7.36. The number of halogens is 1. The molecule has 7 nitrogen and oxygen atoms in total. The van der Waals surface area contributed by atoms with Crippen LogP contribution in [0, 0.1) is 0 Å². The topological polar surface area (TPSA) is 121 Å². The number of aromatic amines is 2. The molecular weight excluding hydrogens is 386 g/mol. The van der Waals surface area contributed by atoms with Gasteiger partial charge in [-0.15, -0.1) is 0 Å². The number of nitrogens with two attached hydrogens (primary N) is 1. The van der Waals surface area contributed by atoms with Crippen molar-refractivity contribution in [2.24, 2.45) is 5.73 Å². The fourth-order valence-electron chi connectivity index (χ4n) is 2.62. The average Bonchev–Trinajstić information content (AvgIpc) is 3.17. The number of H-pyrrole nitrogens is 2. The van der Waals surface area contributed by atoms with Crippen molar-refractivity contribution in [1.29, 1.82) is 0 Å². The third kappa shape index (κ3) is 2.66. The van der Waals surface area contributed by atoms with Crippen molar-refractivity contribution in [2.75, 3.05) is 0 Å². The van der Waals surface area contributed by atoms with Gasteiger partial charge in [0.25, 0.3) is 0 Å². The lowest BCUT2D eigenvalue weighted by Gasteiger charge is -1.99. The fraction of sp³-hybridized carbons (Fsp3) is 0. The summed E-state index contributed by atoms with van der Waals surface area (Å²) in [6, 6.07) is 12.4. The van der Waals surface area contributed by atoms with Crippen LogP contribution in [0.15, 0.2) is 46.9 Å². The molecule has 5 N–H and O–H groups in total. The number of carbonyl (C=O) groups is 1. The number of hydrogen-bond acceptors (Lipinski definition) is 4. The van der Waals surface area contributed by atoms with Crippen LogP contribution in [0.2, 0.25) is 0 Å². The van der Waals surface area contributed by atoms with E-state index < -0.39 is 5.91 Å².